The first-order valence-corrected chi connectivity index (χ1v) is 9.49. The van der Waals surface area contributed by atoms with Gasteiger partial charge in [0.15, 0.2) is 0 Å². The maximum atomic E-state index is 11.6. The number of hydrogen-bond donors (Lipinski definition) is 1. The molecule has 2 aromatic carbocycles. The average Bonchev–Trinajstić information content (AvgIpc) is 3.03. The molecule has 5 nitrogen and oxygen atoms in total. The Balaban J connectivity index is 1.65. The van der Waals surface area contributed by atoms with Gasteiger partial charge in [0.25, 0.3) is 0 Å². The van der Waals surface area contributed by atoms with Crippen molar-refractivity contribution in [2.24, 2.45) is 0 Å². The Hall–Kier alpha value is -2.82. The van der Waals surface area contributed by atoms with Gasteiger partial charge in [0.2, 0.25) is 5.91 Å². The van der Waals surface area contributed by atoms with Crippen molar-refractivity contribution in [1.82, 2.24) is 14.9 Å². The summed E-state index contributed by atoms with van der Waals surface area (Å²) in [5.74, 6) is 1.82. The molecule has 1 N–H and O–H groups in total. The van der Waals surface area contributed by atoms with Gasteiger partial charge in [0, 0.05) is 13.0 Å². The minimum Gasteiger partial charge on any atom is -0.494 e. The summed E-state index contributed by atoms with van der Waals surface area (Å²) in [6.45, 7) is 7.92. The van der Waals surface area contributed by atoms with Gasteiger partial charge in [-0.05, 0) is 55.7 Å². The molecule has 0 aliphatic heterocycles. The van der Waals surface area contributed by atoms with E-state index in [-0.39, 0.29) is 5.91 Å². The topological polar surface area (TPSA) is 56.2 Å². The van der Waals surface area contributed by atoms with Crippen LogP contribution in [0.3, 0.4) is 0 Å². The molecule has 3 rings (SSSR count). The molecule has 5 heteroatoms. The van der Waals surface area contributed by atoms with Gasteiger partial charge in [-0.1, -0.05) is 25.1 Å². The van der Waals surface area contributed by atoms with Gasteiger partial charge in [-0.3, -0.25) is 4.79 Å². The fourth-order valence-electron chi connectivity index (χ4n) is 3.03. The number of aryl methyl sites for hydroxylation is 3. The summed E-state index contributed by atoms with van der Waals surface area (Å²) in [5, 5.41) is 2.92. The second kappa shape index (κ2) is 8.71. The zero-order valence-corrected chi connectivity index (χ0v) is 16.3. The minimum absolute atomic E-state index is 0.0340. The molecular weight excluding hydrogens is 338 g/mol. The lowest BCUT2D eigenvalue weighted by molar-refractivity contribution is -0.120. The number of aromatic nitrogens is 2. The Bertz CT molecular complexity index is 930. The predicted octanol–water partition coefficient (Wildman–Crippen LogP) is 4.15. The van der Waals surface area contributed by atoms with Crippen molar-refractivity contribution < 1.29 is 9.53 Å². The van der Waals surface area contributed by atoms with Gasteiger partial charge < -0.3 is 14.6 Å². The van der Waals surface area contributed by atoms with Crippen LogP contribution in [0.25, 0.3) is 11.0 Å². The van der Waals surface area contributed by atoms with Crippen molar-refractivity contribution >= 4 is 16.9 Å². The van der Waals surface area contributed by atoms with E-state index in [1.54, 1.807) is 0 Å². The number of nitrogens with zero attached hydrogens (tertiary/aromatic N) is 2. The van der Waals surface area contributed by atoms with E-state index < -0.39 is 0 Å². The number of amides is 1. The van der Waals surface area contributed by atoms with Crippen LogP contribution >= 0.6 is 0 Å². The molecule has 0 aliphatic carbocycles. The van der Waals surface area contributed by atoms with Crippen LogP contribution in [0, 0.1) is 13.8 Å². The Morgan fingerprint density at radius 1 is 1.15 bits per heavy atom. The van der Waals surface area contributed by atoms with E-state index in [9.17, 15) is 4.79 Å². The molecule has 27 heavy (non-hydrogen) atoms. The standard InChI is InChI=1S/C22H27N3O2/c1-4-22(26)23-15-21-24-19-8-5-6-9-20(19)25(21)12-7-13-27-18-11-10-16(2)17(3)14-18/h5-6,8-11,14H,4,7,12-13,15H2,1-3H3,(H,23,26). The van der Waals surface area contributed by atoms with Crippen LogP contribution in [0.5, 0.6) is 5.75 Å². The minimum atomic E-state index is 0.0340. The highest BCUT2D eigenvalue weighted by Gasteiger charge is 2.11. The first-order valence-electron chi connectivity index (χ1n) is 9.49. The molecule has 0 saturated heterocycles. The van der Waals surface area contributed by atoms with Gasteiger partial charge in [0.05, 0.1) is 24.2 Å². The number of hydrogen-bond acceptors (Lipinski definition) is 3. The molecule has 1 aromatic heterocycles. The summed E-state index contributed by atoms with van der Waals surface area (Å²) in [7, 11) is 0. The highest BCUT2D eigenvalue weighted by atomic mass is 16.5. The third-order valence-corrected chi connectivity index (χ3v) is 4.77. The lowest BCUT2D eigenvalue weighted by Crippen LogP contribution is -2.23. The molecule has 142 valence electrons. The van der Waals surface area contributed by atoms with Crippen LogP contribution in [-0.2, 0) is 17.9 Å². The molecule has 1 heterocycles. The zero-order chi connectivity index (χ0) is 19.2. The molecule has 1 amide bonds. The second-order valence-corrected chi connectivity index (χ2v) is 6.75. The average molecular weight is 365 g/mol. The van der Waals surface area contributed by atoms with E-state index in [1.807, 2.05) is 31.2 Å². The number of benzene rings is 2. The Labute approximate surface area is 160 Å². The van der Waals surface area contributed by atoms with E-state index in [0.717, 1.165) is 35.6 Å². The van der Waals surface area contributed by atoms with Gasteiger partial charge in [-0.2, -0.15) is 0 Å². The smallest absolute Gasteiger partial charge is 0.220 e. The number of nitrogens with one attached hydrogen (secondary N) is 1. The van der Waals surface area contributed by atoms with Gasteiger partial charge in [0.1, 0.15) is 11.6 Å². The summed E-state index contributed by atoms with van der Waals surface area (Å²) in [6, 6.07) is 14.2. The largest absolute Gasteiger partial charge is 0.494 e. The molecule has 0 aliphatic rings. The third-order valence-electron chi connectivity index (χ3n) is 4.77. The summed E-state index contributed by atoms with van der Waals surface area (Å²) in [6.07, 6.45) is 1.34. The summed E-state index contributed by atoms with van der Waals surface area (Å²) >= 11 is 0. The number of imidazole rings is 1. The quantitative estimate of drug-likeness (QED) is 0.610. The fourth-order valence-corrected chi connectivity index (χ4v) is 3.03. The van der Waals surface area contributed by atoms with Crippen molar-refractivity contribution in [2.45, 2.75) is 46.7 Å². The van der Waals surface area contributed by atoms with E-state index in [0.29, 0.717) is 19.6 Å². The number of ether oxygens (including phenoxy) is 1. The monoisotopic (exact) mass is 365 g/mol. The maximum Gasteiger partial charge on any atom is 0.220 e. The van der Waals surface area contributed by atoms with Gasteiger partial charge in [-0.25, -0.2) is 4.98 Å². The number of rotatable bonds is 8. The van der Waals surface area contributed by atoms with E-state index in [4.69, 9.17) is 4.74 Å². The number of carbonyl (C=O) groups is 1. The van der Waals surface area contributed by atoms with E-state index in [2.05, 4.69) is 46.9 Å². The number of fused-ring (bicyclic) bond motifs is 1. The maximum absolute atomic E-state index is 11.6. The van der Waals surface area contributed by atoms with Crippen LogP contribution in [0.15, 0.2) is 42.5 Å². The number of para-hydroxylation sites is 2. The van der Waals surface area contributed by atoms with E-state index >= 15 is 0 Å². The predicted molar refractivity (Wildman–Crippen MR) is 108 cm³/mol. The van der Waals surface area contributed by atoms with Crippen molar-refractivity contribution in [1.29, 1.82) is 0 Å². The van der Waals surface area contributed by atoms with Crippen LogP contribution in [0.4, 0.5) is 0 Å². The highest BCUT2D eigenvalue weighted by Crippen LogP contribution is 2.18. The number of carbonyl (C=O) groups excluding carboxylic acids is 1. The first kappa shape index (κ1) is 19.0. The summed E-state index contributed by atoms with van der Waals surface area (Å²) in [4.78, 5) is 16.3. The van der Waals surface area contributed by atoms with Crippen molar-refractivity contribution in [3.63, 3.8) is 0 Å². The molecule has 3 aromatic rings. The Morgan fingerprint density at radius 2 is 1.96 bits per heavy atom. The van der Waals surface area contributed by atoms with Crippen molar-refractivity contribution in [3.05, 3.63) is 59.4 Å². The molecule has 0 radical (unpaired) electrons. The lowest BCUT2D eigenvalue weighted by atomic mass is 10.1. The molecule has 0 atom stereocenters. The molecule has 0 saturated carbocycles. The summed E-state index contributed by atoms with van der Waals surface area (Å²) in [5.41, 5.74) is 4.55. The highest BCUT2D eigenvalue weighted by molar-refractivity contribution is 5.77. The van der Waals surface area contributed by atoms with Crippen molar-refractivity contribution in [2.75, 3.05) is 6.61 Å². The molecule has 0 fully saturated rings. The van der Waals surface area contributed by atoms with Crippen LogP contribution in [0.2, 0.25) is 0 Å². The van der Waals surface area contributed by atoms with Crippen molar-refractivity contribution in [3.8, 4) is 5.75 Å². The van der Waals surface area contributed by atoms with Crippen LogP contribution in [-0.4, -0.2) is 22.1 Å². The molecule has 0 bridgehead atoms. The second-order valence-electron chi connectivity index (χ2n) is 6.75. The zero-order valence-electron chi connectivity index (χ0n) is 16.3. The van der Waals surface area contributed by atoms with Crippen LogP contribution < -0.4 is 10.1 Å². The SMILES string of the molecule is CCC(=O)NCc1nc2ccccc2n1CCCOc1ccc(C)c(C)c1. The van der Waals surface area contributed by atoms with Crippen LogP contribution in [0.1, 0.15) is 36.7 Å². The molecular formula is C22H27N3O2. The normalized spacial score (nSPS) is 10.9. The fraction of sp³-hybridized carbons (Fsp3) is 0.364. The van der Waals surface area contributed by atoms with E-state index in [1.165, 1.54) is 11.1 Å². The molecule has 0 spiro atoms. The molecule has 0 unspecified atom stereocenters. The van der Waals surface area contributed by atoms with Gasteiger partial charge >= 0.3 is 0 Å². The third kappa shape index (κ3) is 4.67. The van der Waals surface area contributed by atoms with Gasteiger partial charge in [-0.15, -0.1) is 0 Å². The summed E-state index contributed by atoms with van der Waals surface area (Å²) < 4.78 is 8.08. The Morgan fingerprint density at radius 3 is 2.74 bits per heavy atom. The lowest BCUT2D eigenvalue weighted by Gasteiger charge is -2.11. The first-order chi connectivity index (χ1) is 13.1. The Kier molecular flexibility index (Phi) is 6.12.